The molecule has 1 amide bonds. The van der Waals surface area contributed by atoms with Crippen LogP contribution in [0.2, 0.25) is 0 Å². The second kappa shape index (κ2) is 8.82. The van der Waals surface area contributed by atoms with Crippen LogP contribution < -0.4 is 10.1 Å². The molecule has 8 nitrogen and oxygen atoms in total. The molecule has 0 fully saturated rings. The third-order valence-corrected chi connectivity index (χ3v) is 5.23. The Morgan fingerprint density at radius 2 is 1.94 bits per heavy atom. The van der Waals surface area contributed by atoms with Gasteiger partial charge in [0.15, 0.2) is 5.65 Å². The van der Waals surface area contributed by atoms with E-state index in [-0.39, 0.29) is 12.5 Å². The third kappa shape index (κ3) is 4.74. The minimum absolute atomic E-state index is 0.234. The lowest BCUT2D eigenvalue weighted by atomic mass is 10.0. The summed E-state index contributed by atoms with van der Waals surface area (Å²) < 4.78 is 7.82. The molecule has 4 aromatic rings. The molecule has 3 heterocycles. The van der Waals surface area contributed by atoms with Crippen molar-refractivity contribution >= 4 is 22.8 Å². The van der Waals surface area contributed by atoms with E-state index in [9.17, 15) is 4.79 Å². The Morgan fingerprint density at radius 1 is 1.12 bits per heavy atom. The average Bonchev–Trinajstić information content (AvgIpc) is 3.21. The highest BCUT2D eigenvalue weighted by Crippen LogP contribution is 2.24. The first-order chi connectivity index (χ1) is 15.7. The van der Waals surface area contributed by atoms with Gasteiger partial charge in [-0.15, -0.1) is 0 Å². The Kier molecular flexibility index (Phi) is 5.91. The number of ether oxygens (including phenoxy) is 1. The smallest absolute Gasteiger partial charge is 0.252 e. The van der Waals surface area contributed by atoms with E-state index in [1.165, 1.54) is 0 Å². The van der Waals surface area contributed by atoms with E-state index >= 15 is 0 Å². The standard InChI is InChI=1S/C25H26N6O2/c1-16-7-5-9-20(22(16)17(2)26)33-14-25(3,4)30-24(32)18-10-12-27-21(13-18)31-15-29-23-19(31)8-6-11-28-23/h5-13,15,26H,14H2,1-4H3,(H,30,32). The zero-order chi connectivity index (χ0) is 23.6. The van der Waals surface area contributed by atoms with Gasteiger partial charge in [0, 0.05) is 29.2 Å². The number of hydrogen-bond donors (Lipinski definition) is 2. The second-order valence-electron chi connectivity index (χ2n) is 8.56. The summed E-state index contributed by atoms with van der Waals surface area (Å²) in [4.78, 5) is 25.9. The topological polar surface area (TPSA) is 106 Å². The van der Waals surface area contributed by atoms with Crippen molar-refractivity contribution in [1.29, 1.82) is 5.41 Å². The largest absolute Gasteiger partial charge is 0.490 e. The summed E-state index contributed by atoms with van der Waals surface area (Å²) in [6.07, 6.45) is 4.93. The molecule has 0 saturated carbocycles. The number of nitrogens with zero attached hydrogens (tertiary/aromatic N) is 4. The van der Waals surface area contributed by atoms with Gasteiger partial charge in [0.25, 0.3) is 5.91 Å². The van der Waals surface area contributed by atoms with Crippen LogP contribution >= 0.6 is 0 Å². The van der Waals surface area contributed by atoms with Gasteiger partial charge in [0.1, 0.15) is 24.5 Å². The maximum Gasteiger partial charge on any atom is 0.252 e. The van der Waals surface area contributed by atoms with Crippen LogP contribution in [-0.4, -0.2) is 43.3 Å². The van der Waals surface area contributed by atoms with E-state index in [4.69, 9.17) is 10.1 Å². The lowest BCUT2D eigenvalue weighted by Gasteiger charge is -2.27. The van der Waals surface area contributed by atoms with Crippen molar-refractivity contribution in [3.63, 3.8) is 0 Å². The highest BCUT2D eigenvalue weighted by molar-refractivity contribution is 6.00. The number of hydrogen-bond acceptors (Lipinski definition) is 6. The summed E-state index contributed by atoms with van der Waals surface area (Å²) in [6.45, 7) is 7.73. The Bertz CT molecular complexity index is 1340. The SMILES string of the molecule is CC(=N)c1c(C)cccc1OCC(C)(C)NC(=O)c1ccnc(-n2cnc3ncccc32)c1. The highest BCUT2D eigenvalue weighted by atomic mass is 16.5. The number of amides is 1. The molecule has 0 aliphatic heterocycles. The van der Waals surface area contributed by atoms with E-state index < -0.39 is 5.54 Å². The van der Waals surface area contributed by atoms with Crippen LogP contribution in [0.25, 0.3) is 17.0 Å². The molecule has 0 bridgehead atoms. The van der Waals surface area contributed by atoms with Gasteiger partial charge in [-0.05, 0) is 63.6 Å². The van der Waals surface area contributed by atoms with Crippen LogP contribution in [0.15, 0.2) is 61.2 Å². The number of imidazole rings is 1. The van der Waals surface area contributed by atoms with Gasteiger partial charge in [-0.1, -0.05) is 12.1 Å². The first kappa shape index (κ1) is 22.1. The summed E-state index contributed by atoms with van der Waals surface area (Å²) >= 11 is 0. The minimum atomic E-state index is -0.650. The predicted molar refractivity (Wildman–Crippen MR) is 127 cm³/mol. The number of aryl methyl sites for hydroxylation is 1. The number of nitrogens with one attached hydrogen (secondary N) is 2. The maximum absolute atomic E-state index is 13.0. The Labute approximate surface area is 192 Å². The highest BCUT2D eigenvalue weighted by Gasteiger charge is 2.24. The van der Waals surface area contributed by atoms with Crippen LogP contribution in [0.5, 0.6) is 5.75 Å². The lowest BCUT2D eigenvalue weighted by molar-refractivity contribution is 0.0880. The van der Waals surface area contributed by atoms with Crippen molar-refractivity contribution in [2.45, 2.75) is 33.2 Å². The van der Waals surface area contributed by atoms with Crippen LogP contribution in [0, 0.1) is 12.3 Å². The van der Waals surface area contributed by atoms with Crippen molar-refractivity contribution in [1.82, 2.24) is 24.8 Å². The van der Waals surface area contributed by atoms with Crippen LogP contribution in [0.1, 0.15) is 42.3 Å². The number of carbonyl (C=O) groups excluding carboxylic acids is 1. The van der Waals surface area contributed by atoms with Crippen LogP contribution in [0.4, 0.5) is 0 Å². The summed E-state index contributed by atoms with van der Waals surface area (Å²) in [7, 11) is 0. The van der Waals surface area contributed by atoms with Gasteiger partial charge < -0.3 is 15.5 Å². The van der Waals surface area contributed by atoms with Gasteiger partial charge in [-0.2, -0.15) is 0 Å². The molecular weight excluding hydrogens is 416 g/mol. The van der Waals surface area contributed by atoms with Crippen LogP contribution in [-0.2, 0) is 0 Å². The first-order valence-corrected chi connectivity index (χ1v) is 10.6. The number of pyridine rings is 2. The Balaban J connectivity index is 1.50. The predicted octanol–water partition coefficient (Wildman–Crippen LogP) is 4.10. The maximum atomic E-state index is 13.0. The van der Waals surface area contributed by atoms with Gasteiger partial charge in [0.2, 0.25) is 0 Å². The van der Waals surface area contributed by atoms with E-state index in [1.54, 1.807) is 42.3 Å². The van der Waals surface area contributed by atoms with Gasteiger partial charge in [0.05, 0.1) is 11.1 Å². The monoisotopic (exact) mass is 442 g/mol. The fraction of sp³-hybridized carbons (Fsp3) is 0.240. The fourth-order valence-electron chi connectivity index (χ4n) is 3.64. The molecule has 0 radical (unpaired) electrons. The molecule has 0 aliphatic rings. The summed E-state index contributed by atoms with van der Waals surface area (Å²) in [5, 5.41) is 11.1. The van der Waals surface area contributed by atoms with Gasteiger partial charge >= 0.3 is 0 Å². The molecular formula is C25H26N6O2. The Hall–Kier alpha value is -4.07. The number of fused-ring (bicyclic) bond motifs is 1. The summed E-state index contributed by atoms with van der Waals surface area (Å²) in [6, 6.07) is 12.8. The zero-order valence-electron chi connectivity index (χ0n) is 19.1. The third-order valence-electron chi connectivity index (χ3n) is 5.23. The minimum Gasteiger partial charge on any atom is -0.490 e. The molecule has 4 rings (SSSR count). The quantitative estimate of drug-likeness (QED) is 0.419. The zero-order valence-corrected chi connectivity index (χ0v) is 19.1. The molecule has 0 aliphatic carbocycles. The number of aromatic nitrogens is 4. The molecule has 0 spiro atoms. The molecule has 8 heteroatoms. The molecule has 0 saturated heterocycles. The molecule has 168 valence electrons. The van der Waals surface area contributed by atoms with Crippen molar-refractivity contribution in [3.8, 4) is 11.6 Å². The Morgan fingerprint density at radius 3 is 2.73 bits per heavy atom. The van der Waals surface area contributed by atoms with E-state index in [0.29, 0.717) is 28.5 Å². The van der Waals surface area contributed by atoms with Crippen molar-refractivity contribution in [2.24, 2.45) is 0 Å². The van der Waals surface area contributed by atoms with Crippen LogP contribution in [0.3, 0.4) is 0 Å². The second-order valence-corrected chi connectivity index (χ2v) is 8.56. The van der Waals surface area contributed by atoms with Crippen molar-refractivity contribution < 1.29 is 9.53 Å². The van der Waals surface area contributed by atoms with E-state index in [2.05, 4.69) is 20.3 Å². The van der Waals surface area contributed by atoms with E-state index in [0.717, 1.165) is 16.6 Å². The molecule has 0 unspecified atom stereocenters. The fourth-order valence-corrected chi connectivity index (χ4v) is 3.64. The van der Waals surface area contributed by atoms with E-state index in [1.807, 2.05) is 51.1 Å². The summed E-state index contributed by atoms with van der Waals surface area (Å²) in [5.74, 6) is 0.983. The number of rotatable bonds is 7. The van der Waals surface area contributed by atoms with Crippen molar-refractivity contribution in [3.05, 3.63) is 77.9 Å². The van der Waals surface area contributed by atoms with Gasteiger partial charge in [-0.25, -0.2) is 15.0 Å². The lowest BCUT2D eigenvalue weighted by Crippen LogP contribution is -2.48. The molecule has 33 heavy (non-hydrogen) atoms. The normalized spacial score (nSPS) is 11.4. The number of carbonyl (C=O) groups is 1. The average molecular weight is 443 g/mol. The molecule has 0 atom stereocenters. The van der Waals surface area contributed by atoms with Crippen molar-refractivity contribution in [2.75, 3.05) is 6.61 Å². The molecule has 3 aromatic heterocycles. The number of benzene rings is 1. The van der Waals surface area contributed by atoms with Gasteiger partial charge in [-0.3, -0.25) is 9.36 Å². The first-order valence-electron chi connectivity index (χ1n) is 10.6. The summed E-state index contributed by atoms with van der Waals surface area (Å²) in [5.41, 5.74) is 3.45. The molecule has 2 N–H and O–H groups in total. The molecule has 1 aromatic carbocycles.